The maximum Gasteiger partial charge on any atom is 0.322 e. The van der Waals surface area contributed by atoms with E-state index in [0.29, 0.717) is 17.9 Å². The lowest BCUT2D eigenvalue weighted by Crippen LogP contribution is -2.48. The molecule has 1 aromatic heterocycles. The topological polar surface area (TPSA) is 54.4 Å². The minimum atomic E-state index is 0.0132. The van der Waals surface area contributed by atoms with E-state index < -0.39 is 0 Å². The number of hydrogen-bond donors (Lipinski definition) is 0. The number of rotatable bonds is 5. The fourth-order valence-electron chi connectivity index (χ4n) is 2.37. The Bertz CT molecular complexity index is 461. The molecule has 1 aromatic rings. The van der Waals surface area contributed by atoms with Crippen LogP contribution in [0, 0.1) is 5.92 Å². The van der Waals surface area contributed by atoms with Crippen LogP contribution in [0.3, 0.4) is 0 Å². The third-order valence-corrected chi connectivity index (χ3v) is 3.36. The molecule has 0 N–H and O–H groups in total. The van der Waals surface area contributed by atoms with Gasteiger partial charge in [-0.05, 0) is 31.4 Å². The predicted molar refractivity (Wildman–Crippen MR) is 84.1 cm³/mol. The summed E-state index contributed by atoms with van der Waals surface area (Å²) < 4.78 is 5.52. The minimum absolute atomic E-state index is 0.0132. The van der Waals surface area contributed by atoms with Crippen molar-refractivity contribution in [2.75, 3.05) is 37.6 Å². The quantitative estimate of drug-likeness (QED) is 0.829. The summed E-state index contributed by atoms with van der Waals surface area (Å²) in [6.07, 6.45) is 0.0132. The van der Waals surface area contributed by atoms with Gasteiger partial charge in [0.05, 0.1) is 6.10 Å². The second-order valence-electron chi connectivity index (χ2n) is 6.04. The summed E-state index contributed by atoms with van der Waals surface area (Å²) in [5.41, 5.74) is 0. The van der Waals surface area contributed by atoms with Gasteiger partial charge in [0, 0.05) is 32.7 Å². The number of hydrogen-bond acceptors (Lipinski definition) is 6. The van der Waals surface area contributed by atoms with E-state index in [1.54, 1.807) is 0 Å². The van der Waals surface area contributed by atoms with Crippen LogP contribution in [-0.2, 0) is 0 Å². The molecule has 0 saturated carbocycles. The Kier molecular flexibility index (Phi) is 5.58. The van der Waals surface area contributed by atoms with Gasteiger partial charge >= 0.3 is 6.01 Å². The average Bonchev–Trinajstić information content (AvgIpc) is 2.37. The normalized spacial score (nSPS) is 16.8. The zero-order valence-electron chi connectivity index (χ0n) is 13.2. The van der Waals surface area contributed by atoms with E-state index in [0.717, 1.165) is 32.7 Å². The third-order valence-electron chi connectivity index (χ3n) is 3.20. The number of aromatic nitrogens is 3. The zero-order valence-corrected chi connectivity index (χ0v) is 14.0. The van der Waals surface area contributed by atoms with Gasteiger partial charge in [-0.15, -0.1) is 0 Å². The summed E-state index contributed by atoms with van der Waals surface area (Å²) in [6, 6.07) is 0.296. The smallest absolute Gasteiger partial charge is 0.322 e. The molecule has 0 radical (unpaired) electrons. The van der Waals surface area contributed by atoms with Crippen LogP contribution in [0.15, 0.2) is 0 Å². The molecular weight excluding hydrogens is 290 g/mol. The van der Waals surface area contributed by atoms with Crippen molar-refractivity contribution in [3.63, 3.8) is 0 Å². The first-order chi connectivity index (χ1) is 9.94. The van der Waals surface area contributed by atoms with Crippen LogP contribution in [0.1, 0.15) is 27.7 Å². The number of anilines is 1. The van der Waals surface area contributed by atoms with Crippen molar-refractivity contribution in [2.45, 2.75) is 33.8 Å². The van der Waals surface area contributed by atoms with E-state index in [9.17, 15) is 0 Å². The van der Waals surface area contributed by atoms with Gasteiger partial charge in [0.15, 0.2) is 0 Å². The highest BCUT2D eigenvalue weighted by molar-refractivity contribution is 6.28. The summed E-state index contributed by atoms with van der Waals surface area (Å²) in [4.78, 5) is 17.2. The lowest BCUT2D eigenvalue weighted by Gasteiger charge is -2.35. The molecule has 0 unspecified atom stereocenters. The molecule has 0 spiro atoms. The standard InChI is InChI=1S/C14H24ClN5O/c1-10(2)9-19-5-7-20(8-6-19)13-16-12(15)17-14(18-13)21-11(3)4/h10-11H,5-9H2,1-4H3. The molecule has 7 heteroatoms. The van der Waals surface area contributed by atoms with E-state index in [4.69, 9.17) is 16.3 Å². The number of piperazine rings is 1. The Morgan fingerprint density at radius 2 is 1.71 bits per heavy atom. The number of halogens is 1. The molecule has 1 saturated heterocycles. The number of nitrogens with zero attached hydrogens (tertiary/aromatic N) is 5. The summed E-state index contributed by atoms with van der Waals surface area (Å²) in [7, 11) is 0. The first-order valence-electron chi connectivity index (χ1n) is 7.49. The van der Waals surface area contributed by atoms with Crippen molar-refractivity contribution in [3.8, 4) is 6.01 Å². The van der Waals surface area contributed by atoms with Gasteiger partial charge in [0.2, 0.25) is 11.2 Å². The Labute approximate surface area is 131 Å². The molecular formula is C14H24ClN5O. The third kappa shape index (κ3) is 4.97. The van der Waals surface area contributed by atoms with Gasteiger partial charge in [-0.3, -0.25) is 4.90 Å². The predicted octanol–water partition coefficient (Wildman–Crippen LogP) is 2.09. The molecule has 118 valence electrons. The molecule has 0 aliphatic carbocycles. The molecule has 2 rings (SSSR count). The van der Waals surface area contributed by atoms with Crippen LogP contribution in [0.25, 0.3) is 0 Å². The highest BCUT2D eigenvalue weighted by Crippen LogP contribution is 2.18. The SMILES string of the molecule is CC(C)CN1CCN(c2nc(Cl)nc(OC(C)C)n2)CC1. The molecule has 0 aromatic carbocycles. The van der Waals surface area contributed by atoms with Crippen molar-refractivity contribution in [2.24, 2.45) is 5.92 Å². The van der Waals surface area contributed by atoms with Gasteiger partial charge in [0.1, 0.15) is 0 Å². The Hall–Kier alpha value is -1.14. The van der Waals surface area contributed by atoms with Gasteiger partial charge in [-0.25, -0.2) is 0 Å². The van der Waals surface area contributed by atoms with Crippen molar-refractivity contribution in [1.82, 2.24) is 19.9 Å². The zero-order chi connectivity index (χ0) is 15.4. The van der Waals surface area contributed by atoms with Crippen LogP contribution < -0.4 is 9.64 Å². The van der Waals surface area contributed by atoms with Crippen molar-refractivity contribution < 1.29 is 4.74 Å². The maximum atomic E-state index is 5.97. The summed E-state index contributed by atoms with van der Waals surface area (Å²) in [5, 5.41) is 0.181. The average molecular weight is 314 g/mol. The largest absolute Gasteiger partial charge is 0.461 e. The summed E-state index contributed by atoms with van der Waals surface area (Å²) in [5.74, 6) is 1.30. The first-order valence-corrected chi connectivity index (χ1v) is 7.87. The van der Waals surface area contributed by atoms with E-state index in [2.05, 4.69) is 38.6 Å². The highest BCUT2D eigenvalue weighted by Gasteiger charge is 2.21. The molecule has 1 aliphatic heterocycles. The van der Waals surface area contributed by atoms with Gasteiger partial charge in [0.25, 0.3) is 0 Å². The van der Waals surface area contributed by atoms with Crippen molar-refractivity contribution in [1.29, 1.82) is 0 Å². The Morgan fingerprint density at radius 1 is 1.05 bits per heavy atom. The second-order valence-corrected chi connectivity index (χ2v) is 6.37. The van der Waals surface area contributed by atoms with Crippen LogP contribution in [0.4, 0.5) is 5.95 Å². The van der Waals surface area contributed by atoms with E-state index in [-0.39, 0.29) is 11.4 Å². The maximum absolute atomic E-state index is 5.97. The second kappa shape index (κ2) is 7.22. The Balaban J connectivity index is 2.01. The lowest BCUT2D eigenvalue weighted by molar-refractivity contribution is 0.219. The molecule has 1 aliphatic rings. The fraction of sp³-hybridized carbons (Fsp3) is 0.786. The van der Waals surface area contributed by atoms with Crippen LogP contribution >= 0.6 is 11.6 Å². The first kappa shape index (κ1) is 16.2. The molecule has 6 nitrogen and oxygen atoms in total. The van der Waals surface area contributed by atoms with Gasteiger partial charge in [-0.2, -0.15) is 15.0 Å². The van der Waals surface area contributed by atoms with E-state index in [1.165, 1.54) is 0 Å². The molecule has 0 atom stereocenters. The van der Waals surface area contributed by atoms with Crippen LogP contribution in [-0.4, -0.2) is 58.7 Å². The Morgan fingerprint density at radius 3 is 2.29 bits per heavy atom. The fourth-order valence-corrected chi connectivity index (χ4v) is 2.52. The van der Waals surface area contributed by atoms with Crippen LogP contribution in [0.2, 0.25) is 5.28 Å². The van der Waals surface area contributed by atoms with Crippen LogP contribution in [0.5, 0.6) is 6.01 Å². The van der Waals surface area contributed by atoms with Crippen molar-refractivity contribution in [3.05, 3.63) is 5.28 Å². The molecule has 0 amide bonds. The lowest BCUT2D eigenvalue weighted by atomic mass is 10.2. The minimum Gasteiger partial charge on any atom is -0.461 e. The molecule has 0 bridgehead atoms. The summed E-state index contributed by atoms with van der Waals surface area (Å²) in [6.45, 7) is 13.3. The van der Waals surface area contributed by atoms with Crippen molar-refractivity contribution >= 4 is 17.5 Å². The highest BCUT2D eigenvalue weighted by atomic mass is 35.5. The van der Waals surface area contributed by atoms with Gasteiger partial charge < -0.3 is 9.64 Å². The monoisotopic (exact) mass is 313 g/mol. The number of ether oxygens (including phenoxy) is 1. The molecule has 21 heavy (non-hydrogen) atoms. The molecule has 1 fully saturated rings. The summed E-state index contributed by atoms with van der Waals surface area (Å²) >= 11 is 5.97. The van der Waals surface area contributed by atoms with E-state index >= 15 is 0 Å². The van der Waals surface area contributed by atoms with E-state index in [1.807, 2.05) is 13.8 Å². The molecule has 2 heterocycles. The van der Waals surface area contributed by atoms with Gasteiger partial charge in [-0.1, -0.05) is 13.8 Å².